The molecule has 2 aromatic rings. The zero-order chi connectivity index (χ0) is 10.1. The Hall–Kier alpha value is -0.840. The summed E-state index contributed by atoms with van der Waals surface area (Å²) in [5, 5.41) is 17.4. The molecule has 1 aromatic carbocycles. The quantitative estimate of drug-likeness (QED) is 0.857. The van der Waals surface area contributed by atoms with E-state index in [2.05, 4.69) is 10.3 Å². The minimum atomic E-state index is 0.0126. The predicted molar refractivity (Wildman–Crippen MR) is 54.6 cm³/mol. The van der Waals surface area contributed by atoms with Crippen molar-refractivity contribution in [3.8, 4) is 0 Å². The van der Waals surface area contributed by atoms with Gasteiger partial charge in [-0.25, -0.2) is 4.68 Å². The van der Waals surface area contributed by atoms with Crippen LogP contribution in [0.3, 0.4) is 0 Å². The smallest absolute Gasteiger partial charge is 0.114 e. The number of hydrogen-bond donors (Lipinski definition) is 1. The molecule has 4 nitrogen and oxygen atoms in total. The van der Waals surface area contributed by atoms with Gasteiger partial charge in [0.25, 0.3) is 0 Å². The van der Waals surface area contributed by atoms with Gasteiger partial charge in [0.15, 0.2) is 0 Å². The van der Waals surface area contributed by atoms with Crippen LogP contribution in [-0.2, 0) is 6.54 Å². The number of hydrogen-bond acceptors (Lipinski definition) is 3. The molecule has 74 valence electrons. The molecule has 0 aliphatic rings. The van der Waals surface area contributed by atoms with Crippen LogP contribution in [0.2, 0.25) is 10.0 Å². The van der Waals surface area contributed by atoms with Crippen molar-refractivity contribution >= 4 is 34.2 Å². The molecule has 0 bridgehead atoms. The molecule has 0 aliphatic carbocycles. The van der Waals surface area contributed by atoms with Gasteiger partial charge in [0.1, 0.15) is 5.52 Å². The lowest BCUT2D eigenvalue weighted by Gasteiger charge is -1.99. The summed E-state index contributed by atoms with van der Waals surface area (Å²) in [6.45, 7) is 0.410. The predicted octanol–water partition coefficient (Wildman–Crippen LogP) is 1.73. The molecule has 0 saturated heterocycles. The number of nitrogens with zero attached hydrogens (tertiary/aromatic N) is 3. The van der Waals surface area contributed by atoms with Gasteiger partial charge in [0.05, 0.1) is 28.7 Å². The number of rotatable bonds is 2. The standard InChI is InChI=1S/C8H7Cl2N3O/c9-5-3-7-8(4-6(5)10)13(1-2-14)12-11-7/h3-4,14H,1-2H2. The highest BCUT2D eigenvalue weighted by Crippen LogP contribution is 2.26. The van der Waals surface area contributed by atoms with Crippen molar-refractivity contribution in [3.05, 3.63) is 22.2 Å². The highest BCUT2D eigenvalue weighted by atomic mass is 35.5. The number of benzene rings is 1. The lowest BCUT2D eigenvalue weighted by atomic mass is 10.3. The van der Waals surface area contributed by atoms with Crippen LogP contribution in [0.25, 0.3) is 11.0 Å². The van der Waals surface area contributed by atoms with Crippen molar-refractivity contribution in [1.29, 1.82) is 0 Å². The summed E-state index contributed by atoms with van der Waals surface area (Å²) in [5.74, 6) is 0. The van der Waals surface area contributed by atoms with Gasteiger partial charge in [0.2, 0.25) is 0 Å². The Morgan fingerprint density at radius 1 is 1.29 bits per heavy atom. The molecule has 0 fully saturated rings. The topological polar surface area (TPSA) is 50.9 Å². The summed E-state index contributed by atoms with van der Waals surface area (Å²) in [4.78, 5) is 0. The zero-order valence-corrected chi connectivity index (χ0v) is 8.63. The molecule has 2 rings (SSSR count). The summed E-state index contributed by atoms with van der Waals surface area (Å²) in [7, 11) is 0. The number of halogens is 2. The van der Waals surface area contributed by atoms with Gasteiger partial charge in [0, 0.05) is 0 Å². The third kappa shape index (κ3) is 1.56. The van der Waals surface area contributed by atoms with Crippen LogP contribution in [0, 0.1) is 0 Å². The minimum absolute atomic E-state index is 0.0126. The Balaban J connectivity index is 2.61. The van der Waals surface area contributed by atoms with Crippen molar-refractivity contribution in [2.45, 2.75) is 6.54 Å². The first-order valence-corrected chi connectivity index (χ1v) is 4.77. The van der Waals surface area contributed by atoms with E-state index in [9.17, 15) is 0 Å². The Labute approximate surface area is 90.0 Å². The van der Waals surface area contributed by atoms with Crippen molar-refractivity contribution < 1.29 is 5.11 Å². The maximum atomic E-state index is 8.77. The van der Waals surface area contributed by atoms with E-state index in [1.165, 1.54) is 0 Å². The molecule has 0 unspecified atom stereocenters. The first kappa shape index (κ1) is 9.71. The molecule has 0 aliphatic heterocycles. The number of fused-ring (bicyclic) bond motifs is 1. The van der Waals surface area contributed by atoms with Crippen LogP contribution in [0.5, 0.6) is 0 Å². The zero-order valence-electron chi connectivity index (χ0n) is 7.11. The van der Waals surface area contributed by atoms with Crippen molar-refractivity contribution in [2.75, 3.05) is 6.61 Å². The second-order valence-electron chi connectivity index (χ2n) is 2.79. The van der Waals surface area contributed by atoms with E-state index in [0.717, 1.165) is 5.52 Å². The van der Waals surface area contributed by atoms with Gasteiger partial charge in [-0.3, -0.25) is 0 Å². The highest BCUT2D eigenvalue weighted by molar-refractivity contribution is 6.42. The lowest BCUT2D eigenvalue weighted by Crippen LogP contribution is -2.03. The van der Waals surface area contributed by atoms with E-state index in [1.807, 2.05) is 0 Å². The van der Waals surface area contributed by atoms with E-state index in [-0.39, 0.29) is 6.61 Å². The molecule has 14 heavy (non-hydrogen) atoms. The van der Waals surface area contributed by atoms with Gasteiger partial charge in [-0.15, -0.1) is 5.10 Å². The van der Waals surface area contributed by atoms with E-state index < -0.39 is 0 Å². The lowest BCUT2D eigenvalue weighted by molar-refractivity contribution is 0.270. The van der Waals surface area contributed by atoms with Crippen LogP contribution in [0.1, 0.15) is 0 Å². The summed E-state index contributed by atoms with van der Waals surface area (Å²) in [6.07, 6.45) is 0. The summed E-state index contributed by atoms with van der Waals surface area (Å²) in [5.41, 5.74) is 1.45. The maximum Gasteiger partial charge on any atom is 0.114 e. The molecular weight excluding hydrogens is 225 g/mol. The fourth-order valence-corrected chi connectivity index (χ4v) is 1.54. The molecule has 0 amide bonds. The highest BCUT2D eigenvalue weighted by Gasteiger charge is 2.07. The summed E-state index contributed by atoms with van der Waals surface area (Å²) < 4.78 is 1.58. The third-order valence-corrected chi connectivity index (χ3v) is 2.59. The molecule has 1 heterocycles. The van der Waals surface area contributed by atoms with E-state index >= 15 is 0 Å². The molecule has 0 radical (unpaired) electrons. The molecule has 1 N–H and O–H groups in total. The monoisotopic (exact) mass is 231 g/mol. The van der Waals surface area contributed by atoms with Gasteiger partial charge in [-0.1, -0.05) is 28.4 Å². The number of aromatic nitrogens is 3. The summed E-state index contributed by atoms with van der Waals surface area (Å²) in [6, 6.07) is 3.34. The first-order valence-electron chi connectivity index (χ1n) is 4.01. The van der Waals surface area contributed by atoms with Crippen LogP contribution < -0.4 is 0 Å². The number of aliphatic hydroxyl groups is 1. The van der Waals surface area contributed by atoms with Crippen LogP contribution in [0.15, 0.2) is 12.1 Å². The van der Waals surface area contributed by atoms with E-state index in [1.54, 1.807) is 16.8 Å². The maximum absolute atomic E-state index is 8.77. The molecule has 0 atom stereocenters. The van der Waals surface area contributed by atoms with E-state index in [0.29, 0.717) is 22.1 Å². The van der Waals surface area contributed by atoms with E-state index in [4.69, 9.17) is 28.3 Å². The van der Waals surface area contributed by atoms with Gasteiger partial charge in [-0.05, 0) is 12.1 Å². The van der Waals surface area contributed by atoms with Crippen molar-refractivity contribution in [2.24, 2.45) is 0 Å². The second kappa shape index (κ2) is 3.73. The van der Waals surface area contributed by atoms with Crippen molar-refractivity contribution in [3.63, 3.8) is 0 Å². The third-order valence-electron chi connectivity index (χ3n) is 1.87. The molecule has 6 heteroatoms. The minimum Gasteiger partial charge on any atom is -0.394 e. The van der Waals surface area contributed by atoms with Gasteiger partial charge < -0.3 is 5.11 Å². The van der Waals surface area contributed by atoms with Gasteiger partial charge >= 0.3 is 0 Å². The SMILES string of the molecule is OCCn1nnc2cc(Cl)c(Cl)cc21. The second-order valence-corrected chi connectivity index (χ2v) is 3.61. The molecule has 1 aromatic heterocycles. The Morgan fingerprint density at radius 2 is 2.00 bits per heavy atom. The summed E-state index contributed by atoms with van der Waals surface area (Å²) >= 11 is 11.7. The Morgan fingerprint density at radius 3 is 2.71 bits per heavy atom. The Kier molecular flexibility index (Phi) is 2.58. The van der Waals surface area contributed by atoms with Crippen LogP contribution in [-0.4, -0.2) is 26.7 Å². The van der Waals surface area contributed by atoms with Crippen LogP contribution >= 0.6 is 23.2 Å². The van der Waals surface area contributed by atoms with Crippen molar-refractivity contribution in [1.82, 2.24) is 15.0 Å². The Bertz CT molecular complexity index is 469. The largest absolute Gasteiger partial charge is 0.394 e. The fraction of sp³-hybridized carbons (Fsp3) is 0.250. The fourth-order valence-electron chi connectivity index (χ4n) is 1.22. The molecule has 0 saturated carbocycles. The molecular formula is C8H7Cl2N3O. The van der Waals surface area contributed by atoms with Crippen LogP contribution in [0.4, 0.5) is 0 Å². The average Bonchev–Trinajstić information content (AvgIpc) is 2.51. The average molecular weight is 232 g/mol. The first-order chi connectivity index (χ1) is 6.72. The normalized spacial score (nSPS) is 11.1. The number of aliphatic hydroxyl groups excluding tert-OH is 1. The molecule has 0 spiro atoms. The van der Waals surface area contributed by atoms with Gasteiger partial charge in [-0.2, -0.15) is 0 Å².